The van der Waals surface area contributed by atoms with E-state index in [1.54, 1.807) is 0 Å². The molecule has 0 saturated carbocycles. The molecule has 0 aromatic heterocycles. The van der Waals surface area contributed by atoms with Gasteiger partial charge in [0, 0.05) is 0 Å². The van der Waals surface area contributed by atoms with Crippen LogP contribution in [-0.2, 0) is 14.0 Å². The van der Waals surface area contributed by atoms with Crippen LogP contribution in [-0.4, -0.2) is 40.9 Å². The fourth-order valence-corrected chi connectivity index (χ4v) is 11.1. The van der Waals surface area contributed by atoms with E-state index in [1.807, 2.05) is 18.2 Å². The second-order valence-electron chi connectivity index (χ2n) is 9.12. The molecule has 3 nitrogen and oxygen atoms in total. The standard InChI is InChI=1S/C28H34O3SeSi/c1-23(29)31-27(32-24-15-8-5-9-16-24)21-14-22-30-33(28(2,3)4,25-17-10-6-11-18-25)26-19-12-7-13-20-26/h5-13,15-20,27H,14,21-22H2,1-4H3. The summed E-state index contributed by atoms with van der Waals surface area (Å²) in [6, 6.07) is 31.7. The number of carbonyl (C=O) groups is 1. The minimum atomic E-state index is -2.53. The number of hydrogen-bond donors (Lipinski definition) is 0. The molecule has 1 atom stereocenters. The summed E-state index contributed by atoms with van der Waals surface area (Å²) in [5.41, 5.74) is 0. The zero-order valence-corrected chi connectivity index (χ0v) is 22.7. The Kier molecular flexibility index (Phi) is 9.10. The molecule has 0 bridgehead atoms. The number of benzene rings is 3. The summed E-state index contributed by atoms with van der Waals surface area (Å²) in [7, 11) is -2.53. The van der Waals surface area contributed by atoms with Gasteiger partial charge in [0.05, 0.1) is 0 Å². The maximum atomic E-state index is 11.7. The molecule has 0 amide bonds. The van der Waals surface area contributed by atoms with E-state index in [1.165, 1.54) is 21.8 Å². The van der Waals surface area contributed by atoms with Crippen molar-refractivity contribution >= 4 is 44.1 Å². The molecule has 0 aliphatic carbocycles. The van der Waals surface area contributed by atoms with Crippen LogP contribution in [0.15, 0.2) is 91.0 Å². The first kappa shape index (κ1) is 25.4. The van der Waals surface area contributed by atoms with Crippen LogP contribution in [0.25, 0.3) is 0 Å². The van der Waals surface area contributed by atoms with Gasteiger partial charge in [0.15, 0.2) is 0 Å². The third-order valence-corrected chi connectivity index (χ3v) is 13.1. The van der Waals surface area contributed by atoms with Crippen molar-refractivity contribution in [2.75, 3.05) is 6.61 Å². The zero-order valence-electron chi connectivity index (χ0n) is 20.0. The number of hydrogen-bond acceptors (Lipinski definition) is 3. The van der Waals surface area contributed by atoms with Gasteiger partial charge >= 0.3 is 206 Å². The van der Waals surface area contributed by atoms with Gasteiger partial charge in [-0.3, -0.25) is 0 Å². The molecule has 5 heteroatoms. The average Bonchev–Trinajstić information content (AvgIpc) is 2.80. The zero-order chi connectivity index (χ0) is 23.7. The fraction of sp³-hybridized carbons (Fsp3) is 0.321. The van der Waals surface area contributed by atoms with Crippen molar-refractivity contribution < 1.29 is 14.0 Å². The van der Waals surface area contributed by atoms with Crippen LogP contribution >= 0.6 is 0 Å². The second kappa shape index (κ2) is 11.8. The van der Waals surface area contributed by atoms with E-state index >= 15 is 0 Å². The van der Waals surface area contributed by atoms with Gasteiger partial charge in [0.25, 0.3) is 0 Å². The van der Waals surface area contributed by atoms with Gasteiger partial charge in [-0.1, -0.05) is 0 Å². The van der Waals surface area contributed by atoms with Gasteiger partial charge in [-0.05, 0) is 0 Å². The predicted octanol–water partition coefficient (Wildman–Crippen LogP) is 4.26. The summed E-state index contributed by atoms with van der Waals surface area (Å²) in [5, 5.41) is 2.45. The molecular weight excluding hydrogens is 491 g/mol. The summed E-state index contributed by atoms with van der Waals surface area (Å²) in [6.07, 6.45) is 1.64. The normalized spacial score (nSPS) is 12.8. The molecule has 3 aromatic carbocycles. The quantitative estimate of drug-likeness (QED) is 0.226. The summed E-state index contributed by atoms with van der Waals surface area (Å²) >= 11 is 0.0737. The third-order valence-electron chi connectivity index (χ3n) is 5.63. The van der Waals surface area contributed by atoms with E-state index in [0.29, 0.717) is 6.61 Å². The summed E-state index contributed by atoms with van der Waals surface area (Å²) in [5.74, 6) is -0.217. The molecule has 0 radical (unpaired) electrons. The predicted molar refractivity (Wildman–Crippen MR) is 140 cm³/mol. The van der Waals surface area contributed by atoms with Gasteiger partial charge in [-0.2, -0.15) is 0 Å². The van der Waals surface area contributed by atoms with Crippen molar-refractivity contribution in [2.24, 2.45) is 0 Å². The van der Waals surface area contributed by atoms with Gasteiger partial charge < -0.3 is 0 Å². The molecule has 0 aliphatic rings. The van der Waals surface area contributed by atoms with Crippen LogP contribution in [0.2, 0.25) is 5.04 Å². The number of esters is 1. The van der Waals surface area contributed by atoms with E-state index in [4.69, 9.17) is 9.16 Å². The average molecular weight is 526 g/mol. The van der Waals surface area contributed by atoms with Gasteiger partial charge in [-0.15, -0.1) is 0 Å². The van der Waals surface area contributed by atoms with E-state index in [2.05, 4.69) is 93.6 Å². The Labute approximate surface area is 205 Å². The van der Waals surface area contributed by atoms with Crippen LogP contribution in [0.5, 0.6) is 0 Å². The van der Waals surface area contributed by atoms with Gasteiger partial charge in [0.1, 0.15) is 0 Å². The minimum absolute atomic E-state index is 0.0427. The summed E-state index contributed by atoms with van der Waals surface area (Å²) in [6.45, 7) is 9.00. The molecule has 3 rings (SSSR count). The van der Waals surface area contributed by atoms with Crippen LogP contribution < -0.4 is 14.8 Å². The van der Waals surface area contributed by atoms with E-state index in [0.717, 1.165) is 12.8 Å². The molecule has 1 unspecified atom stereocenters. The SMILES string of the molecule is CC(=O)OC(CCCO[Si](c1ccccc1)(c1ccccc1)C(C)(C)C)[Se]c1ccccc1. The van der Waals surface area contributed by atoms with Crippen molar-refractivity contribution in [1.29, 1.82) is 0 Å². The Morgan fingerprint density at radius 3 is 1.79 bits per heavy atom. The molecule has 0 N–H and O–H groups in total. The van der Waals surface area contributed by atoms with Crippen molar-refractivity contribution in [2.45, 2.75) is 50.6 Å². The Bertz CT molecular complexity index is 948. The molecule has 0 spiro atoms. The van der Waals surface area contributed by atoms with Crippen LogP contribution in [0.1, 0.15) is 40.5 Å². The summed E-state index contributed by atoms with van der Waals surface area (Å²) in [4.78, 5) is 11.7. The van der Waals surface area contributed by atoms with Crippen LogP contribution in [0, 0.1) is 0 Å². The van der Waals surface area contributed by atoms with Crippen molar-refractivity contribution in [3.8, 4) is 0 Å². The van der Waals surface area contributed by atoms with Crippen molar-refractivity contribution in [1.82, 2.24) is 0 Å². The van der Waals surface area contributed by atoms with E-state index < -0.39 is 8.32 Å². The first-order chi connectivity index (χ1) is 15.8. The number of rotatable bonds is 10. The molecule has 0 fully saturated rings. The number of ether oxygens (including phenoxy) is 1. The molecule has 0 aliphatic heterocycles. The molecule has 0 heterocycles. The first-order valence-corrected chi connectivity index (χ1v) is 15.2. The van der Waals surface area contributed by atoms with Crippen LogP contribution in [0.4, 0.5) is 0 Å². The molecule has 174 valence electrons. The Balaban J connectivity index is 1.79. The third kappa shape index (κ3) is 6.67. The maximum absolute atomic E-state index is 11.7. The second-order valence-corrected chi connectivity index (χ2v) is 16.0. The van der Waals surface area contributed by atoms with Crippen molar-refractivity contribution in [3.63, 3.8) is 0 Å². The van der Waals surface area contributed by atoms with E-state index in [-0.39, 0.29) is 31.0 Å². The molecular formula is C28H34O3SeSi. The summed E-state index contributed by atoms with van der Waals surface area (Å²) < 4.78 is 13.9. The Hall–Kier alpha value is -2.17. The van der Waals surface area contributed by atoms with Gasteiger partial charge in [-0.25, -0.2) is 0 Å². The van der Waals surface area contributed by atoms with Crippen LogP contribution in [0.3, 0.4) is 0 Å². The first-order valence-electron chi connectivity index (χ1n) is 11.5. The van der Waals surface area contributed by atoms with Gasteiger partial charge in [0.2, 0.25) is 0 Å². The topological polar surface area (TPSA) is 35.5 Å². The Morgan fingerprint density at radius 1 is 0.848 bits per heavy atom. The Morgan fingerprint density at radius 2 is 1.33 bits per heavy atom. The fourth-order valence-electron chi connectivity index (χ4n) is 4.21. The molecule has 0 saturated heterocycles. The van der Waals surface area contributed by atoms with E-state index in [9.17, 15) is 4.79 Å². The molecule has 3 aromatic rings. The monoisotopic (exact) mass is 526 g/mol. The van der Waals surface area contributed by atoms with Crippen molar-refractivity contribution in [3.05, 3.63) is 91.0 Å². The number of carbonyl (C=O) groups excluding carboxylic acids is 1. The molecule has 33 heavy (non-hydrogen) atoms.